The number of rotatable bonds is 3. The predicted molar refractivity (Wildman–Crippen MR) is 98.2 cm³/mol. The lowest BCUT2D eigenvalue weighted by Crippen LogP contribution is -2.19. The van der Waals surface area contributed by atoms with Crippen LogP contribution in [-0.4, -0.2) is 30.5 Å². The Labute approximate surface area is 146 Å². The average molecular weight is 355 g/mol. The van der Waals surface area contributed by atoms with Crippen molar-refractivity contribution in [3.8, 4) is 0 Å². The molecule has 0 radical (unpaired) electrons. The lowest BCUT2D eigenvalue weighted by atomic mass is 9.92. The van der Waals surface area contributed by atoms with E-state index in [4.69, 9.17) is 16.6 Å². The van der Waals surface area contributed by atoms with Crippen LogP contribution in [0.5, 0.6) is 0 Å². The third-order valence-electron chi connectivity index (χ3n) is 4.77. The Balaban J connectivity index is 0.00000144. The van der Waals surface area contributed by atoms with E-state index in [2.05, 4.69) is 25.1 Å². The number of hydrogen-bond donors (Lipinski definition) is 0. The number of para-hydroxylation sites is 1. The Morgan fingerprint density at radius 1 is 1.27 bits per heavy atom. The summed E-state index contributed by atoms with van der Waals surface area (Å²) in [7, 11) is 4.32. The number of aromatic nitrogens is 1. The van der Waals surface area contributed by atoms with Crippen LogP contribution in [0, 0.1) is 11.8 Å². The lowest BCUT2D eigenvalue weighted by Gasteiger charge is -2.21. The second-order valence-electron chi connectivity index (χ2n) is 6.49. The molecule has 2 aliphatic carbocycles. The van der Waals surface area contributed by atoms with Crippen LogP contribution in [0.2, 0.25) is 5.02 Å². The maximum Gasteiger partial charge on any atom is 0.120 e. The van der Waals surface area contributed by atoms with Crippen LogP contribution < -0.4 is 0 Å². The van der Waals surface area contributed by atoms with Crippen LogP contribution in [0.3, 0.4) is 0 Å². The summed E-state index contributed by atoms with van der Waals surface area (Å²) < 4.78 is 1.21. The molecule has 2 aliphatic rings. The van der Waals surface area contributed by atoms with Crippen LogP contribution in [0.15, 0.2) is 23.8 Å². The van der Waals surface area contributed by atoms with Crippen molar-refractivity contribution in [2.75, 3.05) is 20.6 Å². The van der Waals surface area contributed by atoms with Crippen LogP contribution in [-0.2, 0) is 0 Å². The van der Waals surface area contributed by atoms with E-state index < -0.39 is 0 Å². The smallest absolute Gasteiger partial charge is 0.120 e. The number of allylic oxidation sites excluding steroid dienone is 1. The minimum Gasteiger partial charge on any atom is -0.305 e. The third-order valence-corrected chi connectivity index (χ3v) is 6.13. The highest BCUT2D eigenvalue weighted by molar-refractivity contribution is 7.19. The normalized spacial score (nSPS) is 23.6. The van der Waals surface area contributed by atoms with Gasteiger partial charge in [0.1, 0.15) is 10.5 Å². The molecule has 1 heterocycles. The quantitative estimate of drug-likeness (QED) is 0.760. The average Bonchev–Trinajstić information content (AvgIpc) is 3.11. The molecule has 1 aromatic carbocycles. The fourth-order valence-electron chi connectivity index (χ4n) is 3.94. The predicted octanol–water partition coefficient (Wildman–Crippen LogP) is 5.12. The standard InChI is InChI=1S/C17H19ClN2S.ClH/c1-20(2)9-12-10-6-7-11(8-10)15(12)17-19-16-13(18)4-3-5-14(16)21-17;/h3-5,10-11H,6-9H2,1-2H3;1H. The van der Waals surface area contributed by atoms with Gasteiger partial charge < -0.3 is 4.90 Å². The molecule has 2 atom stereocenters. The number of thiazole rings is 1. The molecule has 1 saturated carbocycles. The third kappa shape index (κ3) is 2.58. The van der Waals surface area contributed by atoms with E-state index in [0.717, 1.165) is 28.9 Å². The van der Waals surface area contributed by atoms with Crippen molar-refractivity contribution in [3.05, 3.63) is 33.8 Å². The Bertz CT molecular complexity index is 735. The Morgan fingerprint density at radius 2 is 2.05 bits per heavy atom. The molecule has 118 valence electrons. The van der Waals surface area contributed by atoms with Gasteiger partial charge in [-0.25, -0.2) is 4.98 Å². The highest BCUT2D eigenvalue weighted by atomic mass is 35.5. The van der Waals surface area contributed by atoms with Gasteiger partial charge in [0.15, 0.2) is 0 Å². The Morgan fingerprint density at radius 3 is 2.77 bits per heavy atom. The molecule has 2 unspecified atom stereocenters. The van der Waals surface area contributed by atoms with Crippen molar-refractivity contribution >= 4 is 51.1 Å². The Hall–Kier alpha value is -0.610. The summed E-state index contributed by atoms with van der Waals surface area (Å²) in [5, 5.41) is 1.98. The first kappa shape index (κ1) is 16.3. The zero-order chi connectivity index (χ0) is 14.6. The number of nitrogens with zero attached hydrogens (tertiary/aromatic N) is 2. The van der Waals surface area contributed by atoms with Gasteiger partial charge in [0, 0.05) is 6.54 Å². The molecule has 2 nitrogen and oxygen atoms in total. The second kappa shape index (κ2) is 6.12. The first-order chi connectivity index (χ1) is 10.1. The van der Waals surface area contributed by atoms with Gasteiger partial charge in [-0.05, 0) is 68.5 Å². The minimum atomic E-state index is 0. The summed E-state index contributed by atoms with van der Waals surface area (Å²) >= 11 is 8.10. The number of hydrogen-bond acceptors (Lipinski definition) is 3. The van der Waals surface area contributed by atoms with E-state index in [-0.39, 0.29) is 12.4 Å². The number of benzene rings is 1. The van der Waals surface area contributed by atoms with Crippen molar-refractivity contribution in [3.63, 3.8) is 0 Å². The molecule has 22 heavy (non-hydrogen) atoms. The van der Waals surface area contributed by atoms with Crippen LogP contribution in [0.25, 0.3) is 15.8 Å². The fraction of sp³-hybridized carbons (Fsp3) is 0.471. The largest absolute Gasteiger partial charge is 0.305 e. The molecule has 4 rings (SSSR count). The van der Waals surface area contributed by atoms with Crippen LogP contribution in [0.4, 0.5) is 0 Å². The molecular formula is C17H20Cl2N2S. The van der Waals surface area contributed by atoms with Gasteiger partial charge in [0.25, 0.3) is 0 Å². The van der Waals surface area contributed by atoms with Gasteiger partial charge in [-0.1, -0.05) is 17.7 Å². The summed E-state index contributed by atoms with van der Waals surface area (Å²) in [4.78, 5) is 7.17. The second-order valence-corrected chi connectivity index (χ2v) is 7.93. The highest BCUT2D eigenvalue weighted by Gasteiger charge is 2.40. The zero-order valence-electron chi connectivity index (χ0n) is 12.8. The maximum absolute atomic E-state index is 6.30. The van der Waals surface area contributed by atoms with Gasteiger partial charge >= 0.3 is 0 Å². The van der Waals surface area contributed by atoms with E-state index >= 15 is 0 Å². The van der Waals surface area contributed by atoms with E-state index in [1.165, 1.54) is 34.5 Å². The van der Waals surface area contributed by atoms with Crippen LogP contribution >= 0.6 is 35.3 Å². The van der Waals surface area contributed by atoms with Gasteiger partial charge in [0.2, 0.25) is 0 Å². The number of fused-ring (bicyclic) bond motifs is 3. The van der Waals surface area contributed by atoms with E-state index in [1.54, 1.807) is 5.57 Å². The number of likely N-dealkylation sites (N-methyl/N-ethyl adjacent to an activating group) is 1. The zero-order valence-corrected chi connectivity index (χ0v) is 15.2. The fourth-order valence-corrected chi connectivity index (χ4v) is 5.36. The molecule has 1 fully saturated rings. The van der Waals surface area contributed by atoms with Crippen molar-refractivity contribution in [2.24, 2.45) is 11.8 Å². The van der Waals surface area contributed by atoms with Gasteiger partial charge in [-0.3, -0.25) is 0 Å². The maximum atomic E-state index is 6.30. The summed E-state index contributed by atoms with van der Waals surface area (Å²) in [6, 6.07) is 6.08. The monoisotopic (exact) mass is 354 g/mol. The summed E-state index contributed by atoms with van der Waals surface area (Å²) in [5.41, 5.74) is 4.14. The van der Waals surface area contributed by atoms with Gasteiger partial charge in [-0.15, -0.1) is 23.7 Å². The molecule has 5 heteroatoms. The minimum absolute atomic E-state index is 0. The van der Waals surface area contributed by atoms with E-state index in [0.29, 0.717) is 0 Å². The van der Waals surface area contributed by atoms with Crippen molar-refractivity contribution in [1.82, 2.24) is 9.88 Å². The Kier molecular flexibility index (Phi) is 4.52. The molecule has 0 amide bonds. The molecule has 0 aliphatic heterocycles. The van der Waals surface area contributed by atoms with Crippen LogP contribution in [0.1, 0.15) is 24.3 Å². The topological polar surface area (TPSA) is 16.1 Å². The summed E-state index contributed by atoms with van der Waals surface area (Å²) in [6.07, 6.45) is 4.03. The molecule has 0 N–H and O–H groups in total. The summed E-state index contributed by atoms with van der Waals surface area (Å²) in [5.74, 6) is 1.51. The molecule has 2 aromatic rings. The van der Waals surface area contributed by atoms with Crippen molar-refractivity contribution in [1.29, 1.82) is 0 Å². The molecule has 0 spiro atoms. The molecule has 2 bridgehead atoms. The molecule has 1 aromatic heterocycles. The summed E-state index contributed by atoms with van der Waals surface area (Å²) in [6.45, 7) is 1.07. The van der Waals surface area contributed by atoms with E-state index in [9.17, 15) is 0 Å². The van der Waals surface area contributed by atoms with Gasteiger partial charge in [0.05, 0.1) is 9.72 Å². The SMILES string of the molecule is CN(C)CC1=C(c2nc3c(Cl)cccc3s2)C2CCC1C2.Cl. The number of halogens is 2. The first-order valence-corrected chi connectivity index (χ1v) is 8.76. The lowest BCUT2D eigenvalue weighted by molar-refractivity contribution is 0.423. The van der Waals surface area contributed by atoms with E-state index in [1.807, 2.05) is 23.5 Å². The van der Waals surface area contributed by atoms with Crippen molar-refractivity contribution < 1.29 is 0 Å². The molecular weight excluding hydrogens is 335 g/mol. The highest BCUT2D eigenvalue weighted by Crippen LogP contribution is 2.53. The first-order valence-electron chi connectivity index (χ1n) is 7.56. The van der Waals surface area contributed by atoms with Crippen molar-refractivity contribution in [2.45, 2.75) is 19.3 Å². The van der Waals surface area contributed by atoms with Gasteiger partial charge in [-0.2, -0.15) is 0 Å². The molecule has 0 saturated heterocycles.